The Hall–Kier alpha value is -0.120. The van der Waals surface area contributed by atoms with E-state index < -0.39 is 0 Å². The van der Waals surface area contributed by atoms with Crippen LogP contribution in [-0.2, 0) is 0 Å². The maximum atomic E-state index is 9.31. The average Bonchev–Trinajstić information content (AvgIpc) is 2.50. The zero-order valence-electron chi connectivity index (χ0n) is 14.2. The molecule has 0 bridgehead atoms. The summed E-state index contributed by atoms with van der Waals surface area (Å²) in [5.41, 5.74) is 0. The van der Waals surface area contributed by atoms with E-state index in [4.69, 9.17) is 0 Å². The first kappa shape index (κ1) is 17.2. The molecule has 2 rings (SSSR count). The molecular formula is C18H36N2O. The fraction of sp³-hybridized carbons (Fsp3) is 1.00. The van der Waals surface area contributed by atoms with E-state index in [0.717, 1.165) is 18.3 Å². The third-order valence-corrected chi connectivity index (χ3v) is 5.84. The molecule has 1 saturated carbocycles. The molecule has 4 unspecified atom stereocenters. The molecular weight excluding hydrogens is 260 g/mol. The highest BCUT2D eigenvalue weighted by Gasteiger charge is 2.32. The standard InChI is InChI=1S/C18H36N2O/c1-3-6-15-8-9-18(19-2)16(13-15)14-20-11-5-4-7-17(20)10-12-21/h15-19,21H,3-14H2,1-2H3. The fourth-order valence-electron chi connectivity index (χ4n) is 4.69. The predicted octanol–water partition coefficient (Wildman–Crippen LogP) is 3.03. The van der Waals surface area contributed by atoms with Crippen LogP contribution in [0.1, 0.15) is 64.7 Å². The SMILES string of the molecule is CCCC1CCC(NC)C(CN2CCCCC2CCO)C1. The van der Waals surface area contributed by atoms with Gasteiger partial charge in [0.05, 0.1) is 0 Å². The molecule has 2 fully saturated rings. The smallest absolute Gasteiger partial charge is 0.0445 e. The predicted molar refractivity (Wildman–Crippen MR) is 89.5 cm³/mol. The van der Waals surface area contributed by atoms with Gasteiger partial charge >= 0.3 is 0 Å². The number of likely N-dealkylation sites (tertiary alicyclic amines) is 1. The normalized spacial score (nSPS) is 35.0. The summed E-state index contributed by atoms with van der Waals surface area (Å²) < 4.78 is 0. The minimum Gasteiger partial charge on any atom is -0.396 e. The topological polar surface area (TPSA) is 35.5 Å². The van der Waals surface area contributed by atoms with Gasteiger partial charge in [0.1, 0.15) is 0 Å². The van der Waals surface area contributed by atoms with Gasteiger partial charge in [-0.3, -0.25) is 4.90 Å². The van der Waals surface area contributed by atoms with E-state index in [1.54, 1.807) is 0 Å². The van der Waals surface area contributed by atoms with Crippen LogP contribution in [0.5, 0.6) is 0 Å². The van der Waals surface area contributed by atoms with E-state index in [9.17, 15) is 5.11 Å². The van der Waals surface area contributed by atoms with Crippen molar-refractivity contribution in [3.8, 4) is 0 Å². The van der Waals surface area contributed by atoms with Gasteiger partial charge in [0.2, 0.25) is 0 Å². The van der Waals surface area contributed by atoms with E-state index in [2.05, 4.69) is 24.2 Å². The number of hydrogen-bond donors (Lipinski definition) is 2. The summed E-state index contributed by atoms with van der Waals surface area (Å²) in [6, 6.07) is 1.34. The van der Waals surface area contributed by atoms with Gasteiger partial charge in [-0.15, -0.1) is 0 Å². The molecule has 0 radical (unpaired) electrons. The van der Waals surface area contributed by atoms with Crippen molar-refractivity contribution in [3.05, 3.63) is 0 Å². The highest BCUT2D eigenvalue weighted by molar-refractivity contribution is 4.88. The molecule has 0 aromatic carbocycles. The molecule has 4 atom stereocenters. The summed E-state index contributed by atoms with van der Waals surface area (Å²) in [5, 5.41) is 12.9. The molecule has 3 heteroatoms. The summed E-state index contributed by atoms with van der Waals surface area (Å²) in [5.74, 6) is 1.75. The lowest BCUT2D eigenvalue weighted by atomic mass is 9.75. The lowest BCUT2D eigenvalue weighted by Gasteiger charge is -2.43. The average molecular weight is 296 g/mol. The van der Waals surface area contributed by atoms with Crippen LogP contribution in [0.25, 0.3) is 0 Å². The third-order valence-electron chi connectivity index (χ3n) is 5.84. The number of piperidine rings is 1. The molecule has 124 valence electrons. The zero-order chi connectivity index (χ0) is 15.1. The van der Waals surface area contributed by atoms with Crippen molar-refractivity contribution in [1.82, 2.24) is 10.2 Å². The Morgan fingerprint density at radius 2 is 2.00 bits per heavy atom. The Bertz CT molecular complexity index is 282. The van der Waals surface area contributed by atoms with Crippen molar-refractivity contribution in [3.63, 3.8) is 0 Å². The minimum atomic E-state index is 0.347. The Kier molecular flexibility index (Phi) is 7.48. The molecule has 0 aromatic heterocycles. The molecule has 2 N–H and O–H groups in total. The van der Waals surface area contributed by atoms with Gasteiger partial charge in [0, 0.05) is 25.2 Å². The first-order valence-corrected chi connectivity index (χ1v) is 9.30. The molecule has 1 saturated heterocycles. The molecule has 1 aliphatic carbocycles. The van der Waals surface area contributed by atoms with Crippen LogP contribution >= 0.6 is 0 Å². The van der Waals surface area contributed by atoms with Crippen LogP contribution in [0.3, 0.4) is 0 Å². The second kappa shape index (κ2) is 9.12. The number of aliphatic hydroxyl groups is 1. The first-order valence-electron chi connectivity index (χ1n) is 9.30. The molecule has 3 nitrogen and oxygen atoms in total. The van der Waals surface area contributed by atoms with Gasteiger partial charge in [0.25, 0.3) is 0 Å². The van der Waals surface area contributed by atoms with Gasteiger partial charge in [-0.1, -0.05) is 26.2 Å². The Morgan fingerprint density at radius 1 is 1.14 bits per heavy atom. The second-order valence-electron chi connectivity index (χ2n) is 7.28. The fourth-order valence-corrected chi connectivity index (χ4v) is 4.69. The Labute approximate surface area is 131 Å². The van der Waals surface area contributed by atoms with Crippen LogP contribution < -0.4 is 5.32 Å². The maximum Gasteiger partial charge on any atom is 0.0445 e. The van der Waals surface area contributed by atoms with Crippen molar-refractivity contribution in [2.24, 2.45) is 11.8 Å². The van der Waals surface area contributed by atoms with E-state index in [0.29, 0.717) is 18.7 Å². The number of aliphatic hydroxyl groups excluding tert-OH is 1. The van der Waals surface area contributed by atoms with Crippen molar-refractivity contribution >= 4 is 0 Å². The highest BCUT2D eigenvalue weighted by Crippen LogP contribution is 2.34. The lowest BCUT2D eigenvalue weighted by molar-refractivity contribution is 0.0729. The largest absolute Gasteiger partial charge is 0.396 e. The molecule has 0 aromatic rings. The summed E-state index contributed by atoms with van der Waals surface area (Å²) >= 11 is 0. The second-order valence-corrected chi connectivity index (χ2v) is 7.28. The highest BCUT2D eigenvalue weighted by atomic mass is 16.3. The number of nitrogens with zero attached hydrogens (tertiary/aromatic N) is 1. The van der Waals surface area contributed by atoms with Crippen molar-refractivity contribution < 1.29 is 5.11 Å². The Balaban J connectivity index is 1.92. The van der Waals surface area contributed by atoms with Gasteiger partial charge in [-0.2, -0.15) is 0 Å². The van der Waals surface area contributed by atoms with Gasteiger partial charge < -0.3 is 10.4 Å². The number of rotatable bonds is 7. The molecule has 21 heavy (non-hydrogen) atoms. The number of nitrogens with one attached hydrogen (secondary N) is 1. The van der Waals surface area contributed by atoms with Gasteiger partial charge in [-0.25, -0.2) is 0 Å². The molecule has 1 heterocycles. The third kappa shape index (κ3) is 4.94. The van der Waals surface area contributed by atoms with E-state index >= 15 is 0 Å². The molecule has 0 spiro atoms. The quantitative estimate of drug-likeness (QED) is 0.758. The van der Waals surface area contributed by atoms with Crippen molar-refractivity contribution in [2.75, 3.05) is 26.7 Å². The van der Waals surface area contributed by atoms with Crippen molar-refractivity contribution in [2.45, 2.75) is 76.8 Å². The van der Waals surface area contributed by atoms with Gasteiger partial charge in [0.15, 0.2) is 0 Å². The van der Waals surface area contributed by atoms with Crippen LogP contribution in [0.4, 0.5) is 0 Å². The Morgan fingerprint density at radius 3 is 2.71 bits per heavy atom. The van der Waals surface area contributed by atoms with Crippen LogP contribution in [0.2, 0.25) is 0 Å². The van der Waals surface area contributed by atoms with Crippen LogP contribution in [-0.4, -0.2) is 48.8 Å². The van der Waals surface area contributed by atoms with Gasteiger partial charge in [-0.05, 0) is 64.0 Å². The van der Waals surface area contributed by atoms with Crippen molar-refractivity contribution in [1.29, 1.82) is 0 Å². The monoisotopic (exact) mass is 296 g/mol. The van der Waals surface area contributed by atoms with Crippen LogP contribution in [0, 0.1) is 11.8 Å². The van der Waals surface area contributed by atoms with E-state index in [1.165, 1.54) is 64.5 Å². The zero-order valence-corrected chi connectivity index (χ0v) is 14.2. The first-order chi connectivity index (χ1) is 10.3. The minimum absolute atomic E-state index is 0.347. The molecule has 2 aliphatic rings. The summed E-state index contributed by atoms with van der Waals surface area (Å²) in [7, 11) is 2.14. The van der Waals surface area contributed by atoms with Crippen LogP contribution in [0.15, 0.2) is 0 Å². The van der Waals surface area contributed by atoms with E-state index in [1.807, 2.05) is 0 Å². The molecule has 0 amide bonds. The lowest BCUT2D eigenvalue weighted by Crippen LogP contribution is -2.49. The summed E-state index contributed by atoms with van der Waals surface area (Å²) in [6.45, 7) is 5.16. The summed E-state index contributed by atoms with van der Waals surface area (Å²) in [4.78, 5) is 2.70. The van der Waals surface area contributed by atoms with E-state index in [-0.39, 0.29) is 0 Å². The summed E-state index contributed by atoms with van der Waals surface area (Å²) in [6.07, 6.45) is 11.9. The number of hydrogen-bond acceptors (Lipinski definition) is 3. The maximum absolute atomic E-state index is 9.31. The molecule has 1 aliphatic heterocycles.